The predicted molar refractivity (Wildman–Crippen MR) is 179 cm³/mol. The minimum atomic E-state index is -4.58. The van der Waals surface area contributed by atoms with Gasteiger partial charge in [-0.05, 0) is 49.2 Å². The highest BCUT2D eigenvalue weighted by atomic mass is 32.2. The zero-order chi connectivity index (χ0) is 35.1. The van der Waals surface area contributed by atoms with Gasteiger partial charge in [0.25, 0.3) is 5.91 Å². The summed E-state index contributed by atoms with van der Waals surface area (Å²) >= 11 is 1.04. The number of carbonyl (C=O) groups is 3. The minimum Gasteiger partial charge on any atom is -0.394 e. The molecule has 0 radical (unpaired) electrons. The summed E-state index contributed by atoms with van der Waals surface area (Å²) in [5.41, 5.74) is 1.60. The number of nitrogens with one attached hydrogen (secondary N) is 5. The molecule has 3 aromatic carbocycles. The molecule has 3 aromatic rings. The number of amides is 5. The van der Waals surface area contributed by atoms with Crippen molar-refractivity contribution in [1.29, 1.82) is 0 Å². The zero-order valence-corrected chi connectivity index (χ0v) is 27.5. The molecule has 1 aliphatic heterocycles. The fraction of sp³-hybridized carbons (Fsp3) is 0.364. The van der Waals surface area contributed by atoms with Gasteiger partial charge in [0.2, 0.25) is 0 Å². The van der Waals surface area contributed by atoms with E-state index in [0.717, 1.165) is 35.0 Å². The number of rotatable bonds is 11. The van der Waals surface area contributed by atoms with Crippen LogP contribution in [-0.4, -0.2) is 78.4 Å². The summed E-state index contributed by atoms with van der Waals surface area (Å²) in [5, 5.41) is 32.3. The van der Waals surface area contributed by atoms with Crippen molar-refractivity contribution in [2.45, 2.75) is 49.1 Å². The second kappa shape index (κ2) is 15.7. The van der Waals surface area contributed by atoms with Crippen molar-refractivity contribution >= 4 is 41.1 Å². The number of aliphatic hydroxyl groups excluding tert-OH is 2. The number of carbonyl (C=O) groups excluding carboxylic acids is 3. The molecule has 5 amide bonds. The molecule has 48 heavy (non-hydrogen) atoms. The summed E-state index contributed by atoms with van der Waals surface area (Å²) in [7, 11) is 1.51. The molecule has 7 N–H and O–H groups in total. The molecule has 1 heterocycles. The van der Waals surface area contributed by atoms with Crippen LogP contribution in [0.1, 0.15) is 25.0 Å². The first-order valence-corrected chi connectivity index (χ1v) is 16.1. The largest absolute Gasteiger partial charge is 0.416 e. The summed E-state index contributed by atoms with van der Waals surface area (Å²) in [6, 6.07) is 15.6. The number of halogens is 3. The maximum absolute atomic E-state index is 13.9. The van der Waals surface area contributed by atoms with Gasteiger partial charge >= 0.3 is 18.2 Å². The lowest BCUT2D eigenvalue weighted by Crippen LogP contribution is -2.56. The van der Waals surface area contributed by atoms with E-state index < -0.39 is 48.0 Å². The molecule has 2 atom stereocenters. The average Bonchev–Trinajstić information content (AvgIpc) is 3.18. The first-order valence-electron chi connectivity index (χ1n) is 15.1. The van der Waals surface area contributed by atoms with Crippen molar-refractivity contribution in [1.82, 2.24) is 21.3 Å². The minimum absolute atomic E-state index is 0.00451. The lowest BCUT2D eigenvalue weighted by Gasteiger charge is -2.29. The Morgan fingerprint density at radius 2 is 1.75 bits per heavy atom. The number of aliphatic hydroxyl groups is 2. The highest BCUT2D eigenvalue weighted by Crippen LogP contribution is 2.40. The maximum atomic E-state index is 13.9. The van der Waals surface area contributed by atoms with Crippen LogP contribution in [-0.2, 0) is 17.5 Å². The monoisotopic (exact) mass is 688 g/mol. The van der Waals surface area contributed by atoms with Crippen LogP contribution in [0.5, 0.6) is 0 Å². The number of hydrogen-bond acceptors (Lipinski definition) is 7. The molecule has 0 aromatic heterocycles. The molecule has 0 aliphatic carbocycles. The van der Waals surface area contributed by atoms with Crippen LogP contribution in [0.25, 0.3) is 11.1 Å². The highest BCUT2D eigenvalue weighted by Gasteiger charge is 2.36. The Labute approximate surface area is 280 Å². The number of alkyl halides is 3. The van der Waals surface area contributed by atoms with Gasteiger partial charge in [0.05, 0.1) is 36.2 Å². The van der Waals surface area contributed by atoms with Crippen LogP contribution >= 0.6 is 11.8 Å². The molecule has 11 nitrogen and oxygen atoms in total. The Balaban J connectivity index is 1.56. The first-order chi connectivity index (χ1) is 22.7. The number of hydrogen-bond donors (Lipinski definition) is 7. The molecule has 0 spiro atoms. The van der Waals surface area contributed by atoms with Gasteiger partial charge in [-0.15, -0.1) is 11.8 Å². The van der Waals surface area contributed by atoms with Gasteiger partial charge in [-0.2, -0.15) is 13.2 Å². The third kappa shape index (κ3) is 9.62. The second-order valence-electron chi connectivity index (χ2n) is 11.8. The molecule has 258 valence electrons. The number of nitrogens with zero attached hydrogens (tertiary/aromatic N) is 1. The van der Waals surface area contributed by atoms with E-state index in [1.54, 1.807) is 38.1 Å². The second-order valence-corrected chi connectivity index (χ2v) is 12.9. The molecule has 0 saturated heterocycles. The molecule has 15 heteroatoms. The quantitative estimate of drug-likeness (QED) is 0.160. The molecular weight excluding hydrogens is 649 g/mol. The van der Waals surface area contributed by atoms with Crippen LogP contribution in [0.3, 0.4) is 0 Å². The highest BCUT2D eigenvalue weighted by molar-refractivity contribution is 7.99. The van der Waals surface area contributed by atoms with Crippen molar-refractivity contribution in [2.75, 3.05) is 42.7 Å². The molecule has 4 rings (SSSR count). The van der Waals surface area contributed by atoms with E-state index in [9.17, 15) is 32.7 Å². The van der Waals surface area contributed by atoms with Crippen LogP contribution in [0.15, 0.2) is 71.6 Å². The van der Waals surface area contributed by atoms with Crippen LogP contribution in [0, 0.1) is 0 Å². The van der Waals surface area contributed by atoms with Crippen LogP contribution < -0.4 is 31.5 Å². The number of thioether (sulfide) groups is 1. The number of anilines is 2. The number of benzene rings is 3. The standard InChI is InChI=1S/C33H39F3N6O5S/c1-32(2,39-15-23(44)17-43)19-38-31(47)41-26-18-48-28-14-22(33(34,35)36)12-13-27(28)42(29(26)45)16-20-8-10-21(11-9-20)24-6-4-5-7-25(24)40-30(46)37-3/h4-14,23,26,39,43-44H,15-19H2,1-3H3,(H2,37,40,46)(H2,38,41,47)/t23-,26+/m0/s1. The lowest BCUT2D eigenvalue weighted by molar-refractivity contribution is -0.137. The van der Waals surface area contributed by atoms with E-state index in [2.05, 4.69) is 26.6 Å². The number of β-amino-alcohol motifs (C(OH)–C–C–N with tert-alkyl or cyclic N) is 1. The van der Waals surface area contributed by atoms with Gasteiger partial charge < -0.3 is 41.7 Å². The third-order valence-corrected chi connectivity index (χ3v) is 8.72. The SMILES string of the molecule is CNC(=O)Nc1ccccc1-c1ccc(CN2C(=O)[C@H](NC(=O)NCC(C)(C)NC[C@H](O)CO)CSc3cc(C(F)(F)F)ccc32)cc1. The Hall–Kier alpha value is -4.31. The summed E-state index contributed by atoms with van der Waals surface area (Å²) in [5.74, 6) is -0.501. The smallest absolute Gasteiger partial charge is 0.394 e. The van der Waals surface area contributed by atoms with Crippen LogP contribution in [0.4, 0.5) is 34.1 Å². The van der Waals surface area contributed by atoms with Crippen molar-refractivity contribution in [3.05, 3.63) is 77.9 Å². The van der Waals surface area contributed by atoms with Crippen molar-refractivity contribution in [3.8, 4) is 11.1 Å². The normalized spacial score (nSPS) is 15.6. The third-order valence-electron chi connectivity index (χ3n) is 7.58. The molecule has 0 unspecified atom stereocenters. The van der Waals surface area contributed by atoms with Gasteiger partial charge in [0.1, 0.15) is 6.04 Å². The molecular formula is C33H39F3N6O5S. The topological polar surface area (TPSA) is 155 Å². The number of para-hydroxylation sites is 1. The Morgan fingerprint density at radius 3 is 2.42 bits per heavy atom. The number of urea groups is 2. The maximum Gasteiger partial charge on any atom is 0.416 e. The van der Waals surface area contributed by atoms with Crippen molar-refractivity contribution < 1.29 is 37.8 Å². The molecule has 0 saturated carbocycles. The number of fused-ring (bicyclic) bond motifs is 1. The first kappa shape index (κ1) is 36.5. The van der Waals surface area contributed by atoms with Gasteiger partial charge in [0.15, 0.2) is 0 Å². The van der Waals surface area contributed by atoms with Crippen molar-refractivity contribution in [3.63, 3.8) is 0 Å². The van der Waals surface area contributed by atoms with E-state index in [1.807, 2.05) is 24.3 Å². The summed E-state index contributed by atoms with van der Waals surface area (Å²) in [6.45, 7) is 3.36. The Kier molecular flexibility index (Phi) is 12.0. The fourth-order valence-corrected chi connectivity index (χ4v) is 5.99. The van der Waals surface area contributed by atoms with E-state index in [-0.39, 0.29) is 36.3 Å². The Bertz CT molecular complexity index is 1610. The average molecular weight is 689 g/mol. The molecule has 0 fully saturated rings. The summed E-state index contributed by atoms with van der Waals surface area (Å²) in [4.78, 5) is 40.4. The van der Waals surface area contributed by atoms with Crippen LogP contribution in [0.2, 0.25) is 0 Å². The molecule has 0 bridgehead atoms. The fourth-order valence-electron chi connectivity index (χ4n) is 4.88. The Morgan fingerprint density at radius 1 is 1.04 bits per heavy atom. The summed E-state index contributed by atoms with van der Waals surface area (Å²) in [6.07, 6.45) is -5.55. The van der Waals surface area contributed by atoms with E-state index >= 15 is 0 Å². The molecule has 1 aliphatic rings. The van der Waals surface area contributed by atoms with Crippen molar-refractivity contribution in [2.24, 2.45) is 0 Å². The predicted octanol–water partition coefficient (Wildman–Crippen LogP) is 4.15. The zero-order valence-electron chi connectivity index (χ0n) is 26.6. The lowest BCUT2D eigenvalue weighted by atomic mass is 10.0. The van der Waals surface area contributed by atoms with E-state index in [4.69, 9.17) is 5.11 Å². The van der Waals surface area contributed by atoms with E-state index in [0.29, 0.717) is 16.9 Å². The van der Waals surface area contributed by atoms with Gasteiger partial charge in [-0.25, -0.2) is 9.59 Å². The summed E-state index contributed by atoms with van der Waals surface area (Å²) < 4.78 is 40.8. The van der Waals surface area contributed by atoms with E-state index in [1.165, 1.54) is 18.0 Å². The van der Waals surface area contributed by atoms with Gasteiger partial charge in [-0.1, -0.05) is 42.5 Å². The van der Waals surface area contributed by atoms with Gasteiger partial charge in [-0.3, -0.25) is 4.79 Å². The van der Waals surface area contributed by atoms with Gasteiger partial charge in [0, 0.05) is 41.9 Å².